The number of sulfonamides is 1. The zero-order chi connectivity index (χ0) is 21.2. The minimum Gasteiger partial charge on any atom is -0.495 e. The lowest BCUT2D eigenvalue weighted by molar-refractivity contribution is 0.0623. The van der Waals surface area contributed by atoms with Crippen LogP contribution in [0, 0.1) is 11.8 Å². The summed E-state index contributed by atoms with van der Waals surface area (Å²) in [5.41, 5.74) is 0.586. The number of rotatable bonds is 5. The molecule has 156 valence electrons. The molecule has 2 unspecified atom stereocenters. The van der Waals surface area contributed by atoms with Gasteiger partial charge in [0.2, 0.25) is 0 Å². The summed E-state index contributed by atoms with van der Waals surface area (Å²) in [4.78, 5) is 14.8. The van der Waals surface area contributed by atoms with Gasteiger partial charge in [-0.25, -0.2) is 8.42 Å². The third-order valence-corrected chi connectivity index (χ3v) is 6.55. The fourth-order valence-electron chi connectivity index (χ4n) is 3.77. The quantitative estimate of drug-likeness (QED) is 0.759. The molecule has 2 aromatic rings. The van der Waals surface area contributed by atoms with Gasteiger partial charge in [0, 0.05) is 23.7 Å². The lowest BCUT2D eigenvalue weighted by atomic mass is 9.91. The van der Waals surface area contributed by atoms with Crippen LogP contribution in [0.25, 0.3) is 0 Å². The molecule has 0 radical (unpaired) electrons. The molecule has 0 saturated carbocycles. The Kier molecular flexibility index (Phi) is 6.39. The van der Waals surface area contributed by atoms with Gasteiger partial charge >= 0.3 is 0 Å². The summed E-state index contributed by atoms with van der Waals surface area (Å²) in [6, 6.07) is 10.8. The van der Waals surface area contributed by atoms with E-state index < -0.39 is 10.0 Å². The fraction of sp³-hybridized carbons (Fsp3) is 0.381. The second-order valence-electron chi connectivity index (χ2n) is 7.63. The summed E-state index contributed by atoms with van der Waals surface area (Å²) in [5.74, 6) is 1.04. The van der Waals surface area contributed by atoms with Gasteiger partial charge in [-0.05, 0) is 54.7 Å². The Morgan fingerprint density at radius 3 is 2.48 bits per heavy atom. The van der Waals surface area contributed by atoms with Gasteiger partial charge in [-0.1, -0.05) is 31.5 Å². The van der Waals surface area contributed by atoms with Crippen LogP contribution in [0.4, 0.5) is 5.69 Å². The summed E-state index contributed by atoms with van der Waals surface area (Å²) < 4.78 is 33.5. The maximum absolute atomic E-state index is 12.9. The van der Waals surface area contributed by atoms with Crippen LogP contribution in [0.3, 0.4) is 0 Å². The Morgan fingerprint density at radius 2 is 1.83 bits per heavy atom. The van der Waals surface area contributed by atoms with E-state index >= 15 is 0 Å². The summed E-state index contributed by atoms with van der Waals surface area (Å²) in [5, 5.41) is 0.376. The van der Waals surface area contributed by atoms with Gasteiger partial charge in [0.25, 0.3) is 15.9 Å². The SMILES string of the molecule is COc1ccc(Cl)cc1NS(=O)(=O)c1cccc(C(=O)N2CC(C)CC(C)C2)c1. The molecular formula is C21H25ClN2O4S. The van der Waals surface area contributed by atoms with E-state index in [9.17, 15) is 13.2 Å². The molecule has 2 aromatic carbocycles. The van der Waals surface area contributed by atoms with Crippen molar-refractivity contribution in [3.63, 3.8) is 0 Å². The van der Waals surface area contributed by atoms with Crippen LogP contribution in [0.15, 0.2) is 47.4 Å². The number of nitrogens with one attached hydrogen (secondary N) is 1. The monoisotopic (exact) mass is 436 g/mol. The summed E-state index contributed by atoms with van der Waals surface area (Å²) in [7, 11) is -2.48. The average molecular weight is 437 g/mol. The highest BCUT2D eigenvalue weighted by molar-refractivity contribution is 7.92. The number of carbonyl (C=O) groups is 1. The number of ether oxygens (including phenoxy) is 1. The Balaban J connectivity index is 1.86. The molecule has 0 aromatic heterocycles. The number of benzene rings is 2. The second-order valence-corrected chi connectivity index (χ2v) is 9.75. The van der Waals surface area contributed by atoms with Crippen molar-refractivity contribution in [1.82, 2.24) is 4.90 Å². The third-order valence-electron chi connectivity index (χ3n) is 4.95. The zero-order valence-corrected chi connectivity index (χ0v) is 18.3. The molecule has 1 N–H and O–H groups in total. The van der Waals surface area contributed by atoms with Crippen LogP contribution in [-0.4, -0.2) is 39.4 Å². The van der Waals surface area contributed by atoms with Gasteiger partial charge in [-0.2, -0.15) is 0 Å². The lowest BCUT2D eigenvalue weighted by Crippen LogP contribution is -2.42. The van der Waals surface area contributed by atoms with Crippen molar-refractivity contribution in [3.8, 4) is 5.75 Å². The Bertz CT molecular complexity index is 999. The normalized spacial score (nSPS) is 19.7. The molecule has 0 bridgehead atoms. The highest BCUT2D eigenvalue weighted by Gasteiger charge is 2.27. The number of hydrogen-bond donors (Lipinski definition) is 1. The van der Waals surface area contributed by atoms with Gasteiger partial charge < -0.3 is 9.64 Å². The van der Waals surface area contributed by atoms with E-state index in [1.54, 1.807) is 29.2 Å². The van der Waals surface area contributed by atoms with E-state index in [0.717, 1.165) is 6.42 Å². The van der Waals surface area contributed by atoms with Crippen molar-refractivity contribution < 1.29 is 17.9 Å². The van der Waals surface area contributed by atoms with Crippen molar-refractivity contribution >= 4 is 33.2 Å². The minimum atomic E-state index is -3.93. The molecule has 1 amide bonds. The van der Waals surface area contributed by atoms with Gasteiger partial charge in [0.1, 0.15) is 5.75 Å². The Morgan fingerprint density at radius 1 is 1.14 bits per heavy atom. The number of halogens is 1. The van der Waals surface area contributed by atoms with Crippen molar-refractivity contribution in [2.75, 3.05) is 24.9 Å². The molecule has 1 aliphatic rings. The number of piperidine rings is 1. The van der Waals surface area contributed by atoms with E-state index in [1.165, 1.54) is 25.3 Å². The molecule has 6 nitrogen and oxygen atoms in total. The van der Waals surface area contributed by atoms with Crippen LogP contribution in [0.1, 0.15) is 30.6 Å². The molecule has 0 aliphatic carbocycles. The van der Waals surface area contributed by atoms with Crippen LogP contribution >= 0.6 is 11.6 Å². The predicted octanol–water partition coefficient (Wildman–Crippen LogP) is 4.27. The second kappa shape index (κ2) is 8.63. The summed E-state index contributed by atoms with van der Waals surface area (Å²) in [6.45, 7) is 5.61. The number of carbonyl (C=O) groups excluding carboxylic acids is 1. The third kappa shape index (κ3) is 5.03. The molecule has 3 rings (SSSR count). The summed E-state index contributed by atoms with van der Waals surface area (Å²) in [6.07, 6.45) is 1.09. The van der Waals surface area contributed by atoms with Crippen molar-refractivity contribution in [2.45, 2.75) is 25.2 Å². The Hall–Kier alpha value is -2.25. The van der Waals surface area contributed by atoms with E-state index in [-0.39, 0.29) is 16.5 Å². The largest absolute Gasteiger partial charge is 0.495 e. The van der Waals surface area contributed by atoms with E-state index in [0.29, 0.717) is 41.3 Å². The molecule has 29 heavy (non-hydrogen) atoms. The summed E-state index contributed by atoms with van der Waals surface area (Å²) >= 11 is 5.98. The first-order valence-electron chi connectivity index (χ1n) is 9.45. The molecular weight excluding hydrogens is 412 g/mol. The van der Waals surface area contributed by atoms with Crippen molar-refractivity contribution in [2.24, 2.45) is 11.8 Å². The van der Waals surface area contributed by atoms with Gasteiger partial charge in [0.05, 0.1) is 17.7 Å². The topological polar surface area (TPSA) is 75.7 Å². The van der Waals surface area contributed by atoms with Gasteiger partial charge in [-0.3, -0.25) is 9.52 Å². The fourth-order valence-corrected chi connectivity index (χ4v) is 5.05. The van der Waals surface area contributed by atoms with E-state index in [2.05, 4.69) is 18.6 Å². The molecule has 1 saturated heterocycles. The van der Waals surface area contributed by atoms with Crippen LogP contribution in [-0.2, 0) is 10.0 Å². The number of nitrogens with zero attached hydrogens (tertiary/aromatic N) is 1. The van der Waals surface area contributed by atoms with Crippen molar-refractivity contribution in [3.05, 3.63) is 53.1 Å². The molecule has 1 fully saturated rings. The highest BCUT2D eigenvalue weighted by Crippen LogP contribution is 2.30. The first-order chi connectivity index (χ1) is 13.7. The van der Waals surface area contributed by atoms with Crippen LogP contribution in [0.2, 0.25) is 5.02 Å². The maximum atomic E-state index is 12.9. The number of hydrogen-bond acceptors (Lipinski definition) is 4. The molecule has 1 aliphatic heterocycles. The standard InChI is InChI=1S/C21H25ClN2O4S/c1-14-9-15(2)13-24(12-14)21(25)16-5-4-6-18(10-16)29(26,27)23-19-11-17(22)7-8-20(19)28-3/h4-8,10-11,14-15,23H,9,12-13H2,1-3H3. The number of likely N-dealkylation sites (tertiary alicyclic amines) is 1. The van der Waals surface area contributed by atoms with E-state index in [1.807, 2.05) is 0 Å². The van der Waals surface area contributed by atoms with E-state index in [4.69, 9.17) is 16.3 Å². The number of methoxy groups -OCH3 is 1. The van der Waals surface area contributed by atoms with Crippen LogP contribution < -0.4 is 9.46 Å². The smallest absolute Gasteiger partial charge is 0.262 e. The van der Waals surface area contributed by atoms with Gasteiger partial charge in [-0.15, -0.1) is 0 Å². The van der Waals surface area contributed by atoms with Crippen LogP contribution in [0.5, 0.6) is 5.75 Å². The molecule has 1 heterocycles. The highest BCUT2D eigenvalue weighted by atomic mass is 35.5. The number of amides is 1. The van der Waals surface area contributed by atoms with Gasteiger partial charge in [0.15, 0.2) is 0 Å². The predicted molar refractivity (Wildman–Crippen MR) is 114 cm³/mol. The zero-order valence-electron chi connectivity index (χ0n) is 16.7. The molecule has 2 atom stereocenters. The first-order valence-corrected chi connectivity index (χ1v) is 11.3. The first kappa shape index (κ1) is 21.5. The molecule has 8 heteroatoms. The molecule has 0 spiro atoms. The number of anilines is 1. The lowest BCUT2D eigenvalue weighted by Gasteiger charge is -2.35. The average Bonchev–Trinajstić information content (AvgIpc) is 2.66. The minimum absolute atomic E-state index is 0.00323. The van der Waals surface area contributed by atoms with Crippen molar-refractivity contribution in [1.29, 1.82) is 0 Å². The maximum Gasteiger partial charge on any atom is 0.262 e. The Labute approximate surface area is 176 Å².